The van der Waals surface area contributed by atoms with Crippen LogP contribution in [0.25, 0.3) is 0 Å². The number of nitriles is 1. The van der Waals surface area contributed by atoms with E-state index in [9.17, 15) is 14.9 Å². The molecule has 3 rings (SSSR count). The Morgan fingerprint density at radius 3 is 1.84 bits per heavy atom. The van der Waals surface area contributed by atoms with Crippen LogP contribution in [-0.2, 0) is 19.1 Å². The number of carbonyl (C=O) groups excluding carboxylic acids is 2. The van der Waals surface area contributed by atoms with Crippen molar-refractivity contribution in [1.29, 1.82) is 5.26 Å². The fourth-order valence-corrected chi connectivity index (χ4v) is 4.92. The summed E-state index contributed by atoms with van der Waals surface area (Å²) in [7, 11) is 2.51. The van der Waals surface area contributed by atoms with E-state index in [1.54, 1.807) is 29.2 Å². The highest BCUT2D eigenvalue weighted by Gasteiger charge is 2.44. The van der Waals surface area contributed by atoms with Crippen LogP contribution in [0.5, 0.6) is 0 Å². The normalized spacial score (nSPS) is 15.8. The van der Waals surface area contributed by atoms with Gasteiger partial charge in [-0.15, -0.1) is 0 Å². The van der Waals surface area contributed by atoms with Crippen molar-refractivity contribution in [3.63, 3.8) is 0 Å². The molecular weight excluding hydrogens is 478 g/mol. The Balaban J connectivity index is 2.57. The number of nitrogens with two attached hydrogens (primary N) is 1. The Bertz CT molecular complexity index is 1300. The van der Waals surface area contributed by atoms with Crippen molar-refractivity contribution in [2.24, 2.45) is 5.73 Å². The van der Waals surface area contributed by atoms with Gasteiger partial charge in [-0.05, 0) is 40.0 Å². The van der Waals surface area contributed by atoms with Gasteiger partial charge < -0.3 is 15.2 Å². The largest absolute Gasteiger partial charge is 0.466 e. The van der Waals surface area contributed by atoms with Crippen molar-refractivity contribution in [3.05, 3.63) is 87.4 Å². The summed E-state index contributed by atoms with van der Waals surface area (Å²) in [6.45, 7) is 12.5. The van der Waals surface area contributed by atoms with Gasteiger partial charge in [-0.1, -0.05) is 84.0 Å². The number of anilines is 1. The number of allylic oxidation sites excluding steroid dienone is 1. The molecule has 0 saturated heterocycles. The highest BCUT2D eigenvalue weighted by molar-refractivity contribution is 6.06. The Labute approximate surface area is 225 Å². The molecule has 7 nitrogen and oxygen atoms in total. The second-order valence-electron chi connectivity index (χ2n) is 10.3. The first-order valence-corrected chi connectivity index (χ1v) is 12.8. The third-order valence-corrected chi connectivity index (χ3v) is 6.94. The summed E-state index contributed by atoms with van der Waals surface area (Å²) in [6.07, 6.45) is 0. The molecule has 0 aromatic heterocycles. The topological polar surface area (TPSA) is 106 Å². The smallest absolute Gasteiger partial charge is 0.355 e. The average molecular weight is 516 g/mol. The molecule has 1 heterocycles. The van der Waals surface area contributed by atoms with Crippen LogP contribution >= 0.6 is 0 Å². The lowest BCUT2D eigenvalue weighted by Crippen LogP contribution is -2.41. The Morgan fingerprint density at radius 2 is 1.42 bits per heavy atom. The number of hydrogen-bond acceptors (Lipinski definition) is 7. The van der Waals surface area contributed by atoms with Crippen molar-refractivity contribution in [2.75, 3.05) is 19.1 Å². The third kappa shape index (κ3) is 5.04. The maximum atomic E-state index is 13.5. The zero-order valence-corrected chi connectivity index (χ0v) is 23.5. The van der Waals surface area contributed by atoms with Crippen molar-refractivity contribution in [1.82, 2.24) is 0 Å². The van der Waals surface area contributed by atoms with E-state index in [1.165, 1.54) is 14.2 Å². The van der Waals surface area contributed by atoms with Gasteiger partial charge in [0.05, 0.1) is 43.0 Å². The molecule has 0 amide bonds. The zero-order chi connectivity index (χ0) is 28.3. The molecule has 0 spiro atoms. The van der Waals surface area contributed by atoms with Crippen LogP contribution < -0.4 is 10.6 Å². The standard InChI is InChI=1S/C31H37N3O4/c1-17(2)21-14-22(18(3)4)27(23(15-21)19(5)6)34-28(31(36)38-8)26(30(35)37-7)25(24(16-32)29(34)33)20-12-10-9-11-13-20/h9-15,17-19,25H,33H2,1-8H3. The van der Waals surface area contributed by atoms with Gasteiger partial charge in [0.1, 0.15) is 11.5 Å². The van der Waals surface area contributed by atoms with E-state index in [4.69, 9.17) is 15.2 Å². The number of methoxy groups -OCH3 is 2. The van der Waals surface area contributed by atoms with E-state index >= 15 is 0 Å². The first-order valence-electron chi connectivity index (χ1n) is 12.8. The van der Waals surface area contributed by atoms with Crippen LogP contribution in [0.15, 0.2) is 65.1 Å². The van der Waals surface area contributed by atoms with E-state index in [0.717, 1.165) is 16.7 Å². The number of carbonyl (C=O) groups is 2. The Morgan fingerprint density at radius 1 is 0.895 bits per heavy atom. The van der Waals surface area contributed by atoms with E-state index in [2.05, 4.69) is 59.7 Å². The second-order valence-corrected chi connectivity index (χ2v) is 10.3. The number of rotatable bonds is 7. The summed E-state index contributed by atoms with van der Waals surface area (Å²) >= 11 is 0. The minimum atomic E-state index is -0.904. The van der Waals surface area contributed by atoms with Gasteiger partial charge >= 0.3 is 11.9 Å². The fourth-order valence-electron chi connectivity index (χ4n) is 4.92. The van der Waals surface area contributed by atoms with Crippen LogP contribution in [0.4, 0.5) is 5.69 Å². The summed E-state index contributed by atoms with van der Waals surface area (Å²) in [5.74, 6) is -1.94. The molecule has 38 heavy (non-hydrogen) atoms. The minimum absolute atomic E-state index is 0.00801. The number of nitrogens with zero attached hydrogens (tertiary/aromatic N) is 2. The minimum Gasteiger partial charge on any atom is -0.466 e. The van der Waals surface area contributed by atoms with Crippen LogP contribution in [-0.4, -0.2) is 26.2 Å². The van der Waals surface area contributed by atoms with Gasteiger partial charge in [0, 0.05) is 0 Å². The Hall–Kier alpha value is -4.05. The molecule has 1 aliphatic heterocycles. The molecule has 0 fully saturated rings. The predicted octanol–water partition coefficient (Wildman–Crippen LogP) is 5.95. The SMILES string of the molecule is COC(=O)C1=C(C(=O)OC)N(c2c(C(C)C)cc(C(C)C)cc2C(C)C)C(N)=C(C#N)C1c1ccccc1. The number of ether oxygens (including phenoxy) is 2. The first-order chi connectivity index (χ1) is 18.0. The molecule has 2 aromatic carbocycles. The van der Waals surface area contributed by atoms with Crippen molar-refractivity contribution in [2.45, 2.75) is 65.2 Å². The number of hydrogen-bond donors (Lipinski definition) is 1. The van der Waals surface area contributed by atoms with Gasteiger partial charge in [-0.2, -0.15) is 5.26 Å². The summed E-state index contributed by atoms with van der Waals surface area (Å²) < 4.78 is 10.4. The number of esters is 2. The van der Waals surface area contributed by atoms with E-state index < -0.39 is 17.9 Å². The zero-order valence-electron chi connectivity index (χ0n) is 23.5. The van der Waals surface area contributed by atoms with Crippen molar-refractivity contribution < 1.29 is 19.1 Å². The van der Waals surface area contributed by atoms with E-state index in [0.29, 0.717) is 11.3 Å². The predicted molar refractivity (Wildman–Crippen MR) is 148 cm³/mol. The summed E-state index contributed by atoms with van der Waals surface area (Å²) in [4.78, 5) is 28.5. The summed E-state index contributed by atoms with van der Waals surface area (Å²) in [5, 5.41) is 10.4. The summed E-state index contributed by atoms with van der Waals surface area (Å²) in [5.41, 5.74) is 11.3. The summed E-state index contributed by atoms with van der Waals surface area (Å²) in [6, 6.07) is 15.5. The van der Waals surface area contributed by atoms with Gasteiger partial charge in [0.15, 0.2) is 0 Å². The van der Waals surface area contributed by atoms with Crippen LogP contribution in [0.2, 0.25) is 0 Å². The molecule has 2 N–H and O–H groups in total. The third-order valence-electron chi connectivity index (χ3n) is 6.94. The van der Waals surface area contributed by atoms with Crippen molar-refractivity contribution in [3.8, 4) is 6.07 Å². The molecule has 2 aromatic rings. The van der Waals surface area contributed by atoms with Gasteiger partial charge in [0.25, 0.3) is 0 Å². The van der Waals surface area contributed by atoms with Crippen LogP contribution in [0.1, 0.15) is 87.5 Å². The molecule has 0 radical (unpaired) electrons. The van der Waals surface area contributed by atoms with E-state index in [1.807, 2.05) is 6.07 Å². The highest BCUT2D eigenvalue weighted by atomic mass is 16.5. The molecule has 200 valence electrons. The van der Waals surface area contributed by atoms with Crippen LogP contribution in [0.3, 0.4) is 0 Å². The maximum Gasteiger partial charge on any atom is 0.355 e. The lowest BCUT2D eigenvalue weighted by molar-refractivity contribution is -0.139. The first kappa shape index (κ1) is 28.5. The quantitative estimate of drug-likeness (QED) is 0.454. The van der Waals surface area contributed by atoms with Crippen molar-refractivity contribution >= 4 is 17.6 Å². The molecule has 0 saturated carbocycles. The molecule has 0 bridgehead atoms. The van der Waals surface area contributed by atoms with Gasteiger partial charge in [0.2, 0.25) is 0 Å². The molecule has 1 aliphatic rings. The maximum absolute atomic E-state index is 13.5. The highest BCUT2D eigenvalue weighted by Crippen LogP contribution is 2.47. The molecule has 1 unspecified atom stereocenters. The van der Waals surface area contributed by atoms with Gasteiger partial charge in [-0.25, -0.2) is 9.59 Å². The molecule has 7 heteroatoms. The average Bonchev–Trinajstić information content (AvgIpc) is 2.90. The monoisotopic (exact) mass is 515 g/mol. The molecular formula is C31H37N3O4. The fraction of sp³-hybridized carbons (Fsp3) is 0.387. The van der Waals surface area contributed by atoms with E-state index in [-0.39, 0.29) is 40.4 Å². The number of benzene rings is 2. The molecule has 1 atom stereocenters. The lowest BCUT2D eigenvalue weighted by Gasteiger charge is -2.39. The lowest BCUT2D eigenvalue weighted by atomic mass is 9.79. The van der Waals surface area contributed by atoms with Gasteiger partial charge in [-0.3, -0.25) is 4.90 Å². The van der Waals surface area contributed by atoms with Crippen LogP contribution in [0, 0.1) is 11.3 Å². The molecule has 0 aliphatic carbocycles. The second kappa shape index (κ2) is 11.6. The Kier molecular flexibility index (Phi) is 8.67.